The van der Waals surface area contributed by atoms with Gasteiger partial charge in [-0.2, -0.15) is 0 Å². The fourth-order valence-electron chi connectivity index (χ4n) is 2.15. The summed E-state index contributed by atoms with van der Waals surface area (Å²) in [5.74, 6) is 0. The SMILES string of the molecule is CCN(CC)Cc1ccccc1NCc1ccc(Cl)s1. The first-order chi connectivity index (χ1) is 9.72. The fourth-order valence-corrected chi connectivity index (χ4v) is 3.18. The molecule has 0 aliphatic rings. The van der Waals surface area contributed by atoms with Gasteiger partial charge in [0, 0.05) is 23.7 Å². The van der Waals surface area contributed by atoms with E-state index >= 15 is 0 Å². The van der Waals surface area contributed by atoms with E-state index in [1.165, 1.54) is 16.1 Å². The highest BCUT2D eigenvalue weighted by Crippen LogP contribution is 2.23. The fraction of sp³-hybridized carbons (Fsp3) is 0.375. The Bertz CT molecular complexity index is 535. The van der Waals surface area contributed by atoms with Crippen LogP contribution in [0.1, 0.15) is 24.3 Å². The summed E-state index contributed by atoms with van der Waals surface area (Å²) in [5.41, 5.74) is 2.56. The molecule has 0 radical (unpaired) electrons. The average molecular weight is 309 g/mol. The normalized spacial score (nSPS) is 11.0. The topological polar surface area (TPSA) is 15.3 Å². The lowest BCUT2D eigenvalue weighted by atomic mass is 10.1. The highest BCUT2D eigenvalue weighted by atomic mass is 35.5. The van der Waals surface area contributed by atoms with Crippen molar-refractivity contribution in [2.24, 2.45) is 0 Å². The first kappa shape index (κ1) is 15.4. The van der Waals surface area contributed by atoms with Gasteiger partial charge in [-0.3, -0.25) is 4.90 Å². The summed E-state index contributed by atoms with van der Waals surface area (Å²) in [7, 11) is 0. The standard InChI is InChI=1S/C16H21ClN2S/c1-3-19(4-2)12-13-7-5-6-8-15(13)18-11-14-9-10-16(17)20-14/h5-10,18H,3-4,11-12H2,1-2H3. The summed E-state index contributed by atoms with van der Waals surface area (Å²) in [6.07, 6.45) is 0. The van der Waals surface area contributed by atoms with Gasteiger partial charge in [-0.05, 0) is 36.9 Å². The largest absolute Gasteiger partial charge is 0.380 e. The number of benzene rings is 1. The highest BCUT2D eigenvalue weighted by molar-refractivity contribution is 7.16. The van der Waals surface area contributed by atoms with Crippen LogP contribution in [-0.2, 0) is 13.1 Å². The van der Waals surface area contributed by atoms with E-state index in [2.05, 4.69) is 54.4 Å². The van der Waals surface area contributed by atoms with Crippen LogP contribution >= 0.6 is 22.9 Å². The van der Waals surface area contributed by atoms with Gasteiger partial charge in [-0.1, -0.05) is 43.6 Å². The first-order valence-corrected chi connectivity index (χ1v) is 8.20. The third kappa shape index (κ3) is 4.23. The molecule has 0 aliphatic heterocycles. The Morgan fingerprint density at radius 1 is 1.10 bits per heavy atom. The van der Waals surface area contributed by atoms with Crippen molar-refractivity contribution in [2.75, 3.05) is 18.4 Å². The number of nitrogens with zero attached hydrogens (tertiary/aromatic N) is 1. The summed E-state index contributed by atoms with van der Waals surface area (Å²) >= 11 is 7.59. The van der Waals surface area contributed by atoms with Crippen molar-refractivity contribution in [3.8, 4) is 0 Å². The molecule has 2 nitrogen and oxygen atoms in total. The van der Waals surface area contributed by atoms with Gasteiger partial charge in [0.25, 0.3) is 0 Å². The third-order valence-corrected chi connectivity index (χ3v) is 4.62. The predicted octanol–water partition coefficient (Wildman–Crippen LogP) is 4.86. The molecular weight excluding hydrogens is 288 g/mol. The van der Waals surface area contributed by atoms with Gasteiger partial charge < -0.3 is 5.32 Å². The van der Waals surface area contributed by atoms with Crippen LogP contribution in [0.3, 0.4) is 0 Å². The Morgan fingerprint density at radius 2 is 1.85 bits per heavy atom. The number of halogens is 1. The van der Waals surface area contributed by atoms with Gasteiger partial charge in [-0.15, -0.1) is 11.3 Å². The molecule has 0 saturated heterocycles. The minimum atomic E-state index is 0.826. The van der Waals surface area contributed by atoms with E-state index < -0.39 is 0 Å². The van der Waals surface area contributed by atoms with E-state index in [0.717, 1.165) is 30.5 Å². The van der Waals surface area contributed by atoms with Crippen LogP contribution < -0.4 is 5.32 Å². The lowest BCUT2D eigenvalue weighted by molar-refractivity contribution is 0.296. The van der Waals surface area contributed by atoms with Crippen LogP contribution in [0.2, 0.25) is 4.34 Å². The van der Waals surface area contributed by atoms with E-state index in [-0.39, 0.29) is 0 Å². The van der Waals surface area contributed by atoms with Crippen molar-refractivity contribution >= 4 is 28.6 Å². The maximum absolute atomic E-state index is 5.96. The minimum Gasteiger partial charge on any atom is -0.380 e. The number of anilines is 1. The molecule has 0 atom stereocenters. The van der Waals surface area contributed by atoms with Gasteiger partial charge >= 0.3 is 0 Å². The number of thiophene rings is 1. The van der Waals surface area contributed by atoms with E-state index in [0.29, 0.717) is 0 Å². The Hall–Kier alpha value is -1.03. The second-order valence-corrected chi connectivity index (χ2v) is 6.48. The molecule has 0 saturated carbocycles. The molecule has 1 aromatic carbocycles. The van der Waals surface area contributed by atoms with E-state index in [4.69, 9.17) is 11.6 Å². The number of nitrogens with one attached hydrogen (secondary N) is 1. The molecule has 0 fully saturated rings. The van der Waals surface area contributed by atoms with Crippen LogP contribution in [0.15, 0.2) is 36.4 Å². The summed E-state index contributed by atoms with van der Waals surface area (Å²) in [5, 5.41) is 3.52. The van der Waals surface area contributed by atoms with Gasteiger partial charge in [0.05, 0.1) is 4.34 Å². The van der Waals surface area contributed by atoms with Crippen molar-refractivity contribution < 1.29 is 0 Å². The highest BCUT2D eigenvalue weighted by Gasteiger charge is 2.06. The molecule has 0 spiro atoms. The van der Waals surface area contributed by atoms with Crippen molar-refractivity contribution in [2.45, 2.75) is 26.9 Å². The summed E-state index contributed by atoms with van der Waals surface area (Å²) < 4.78 is 0.846. The summed E-state index contributed by atoms with van der Waals surface area (Å²) in [4.78, 5) is 3.68. The molecule has 4 heteroatoms. The van der Waals surface area contributed by atoms with Crippen molar-refractivity contribution in [3.63, 3.8) is 0 Å². The zero-order valence-corrected chi connectivity index (χ0v) is 13.6. The van der Waals surface area contributed by atoms with Gasteiger partial charge in [0.2, 0.25) is 0 Å². The molecule has 2 aromatic rings. The Labute approximate surface area is 130 Å². The molecule has 0 aliphatic carbocycles. The van der Waals surface area contributed by atoms with Crippen LogP contribution in [0.5, 0.6) is 0 Å². The first-order valence-electron chi connectivity index (χ1n) is 7.01. The predicted molar refractivity (Wildman–Crippen MR) is 89.7 cm³/mol. The molecule has 0 unspecified atom stereocenters. The van der Waals surface area contributed by atoms with Gasteiger partial charge in [-0.25, -0.2) is 0 Å². The zero-order valence-electron chi connectivity index (χ0n) is 12.0. The molecular formula is C16H21ClN2S. The maximum Gasteiger partial charge on any atom is 0.0931 e. The lowest BCUT2D eigenvalue weighted by Gasteiger charge is -2.20. The van der Waals surface area contributed by atoms with Crippen LogP contribution in [0.4, 0.5) is 5.69 Å². The van der Waals surface area contributed by atoms with Gasteiger partial charge in [0.1, 0.15) is 0 Å². The molecule has 0 amide bonds. The van der Waals surface area contributed by atoms with E-state index in [1.54, 1.807) is 11.3 Å². The number of hydrogen-bond donors (Lipinski definition) is 1. The monoisotopic (exact) mass is 308 g/mol. The molecule has 1 aromatic heterocycles. The smallest absolute Gasteiger partial charge is 0.0931 e. The molecule has 1 N–H and O–H groups in total. The van der Waals surface area contributed by atoms with Crippen molar-refractivity contribution in [1.29, 1.82) is 0 Å². The van der Waals surface area contributed by atoms with Crippen molar-refractivity contribution in [1.82, 2.24) is 4.90 Å². The minimum absolute atomic E-state index is 0.826. The Balaban J connectivity index is 2.03. The van der Waals surface area contributed by atoms with Crippen molar-refractivity contribution in [3.05, 3.63) is 51.2 Å². The zero-order chi connectivity index (χ0) is 14.4. The maximum atomic E-state index is 5.96. The molecule has 2 rings (SSSR count). The van der Waals surface area contributed by atoms with E-state index in [1.807, 2.05) is 6.07 Å². The Kier molecular flexibility index (Phi) is 5.89. The molecule has 0 bridgehead atoms. The number of hydrogen-bond acceptors (Lipinski definition) is 3. The molecule has 108 valence electrons. The quantitative estimate of drug-likeness (QED) is 0.786. The third-order valence-electron chi connectivity index (χ3n) is 3.39. The second-order valence-electron chi connectivity index (χ2n) is 4.68. The molecule has 1 heterocycles. The number of para-hydroxylation sites is 1. The average Bonchev–Trinajstić information content (AvgIpc) is 2.89. The second kappa shape index (κ2) is 7.67. The van der Waals surface area contributed by atoms with Crippen LogP contribution in [0, 0.1) is 0 Å². The molecule has 20 heavy (non-hydrogen) atoms. The number of rotatable bonds is 7. The summed E-state index contributed by atoms with van der Waals surface area (Å²) in [6, 6.07) is 12.6. The lowest BCUT2D eigenvalue weighted by Crippen LogP contribution is -2.22. The Morgan fingerprint density at radius 3 is 2.50 bits per heavy atom. The summed E-state index contributed by atoms with van der Waals surface area (Å²) in [6.45, 7) is 8.37. The van der Waals surface area contributed by atoms with Crippen LogP contribution in [-0.4, -0.2) is 18.0 Å². The van der Waals surface area contributed by atoms with E-state index in [9.17, 15) is 0 Å². The van der Waals surface area contributed by atoms with Gasteiger partial charge in [0.15, 0.2) is 0 Å². The van der Waals surface area contributed by atoms with Crippen LogP contribution in [0.25, 0.3) is 0 Å².